The maximum absolute atomic E-state index is 5.95. The van der Waals surface area contributed by atoms with Crippen LogP contribution in [0.15, 0.2) is 66.8 Å². The number of thioether (sulfide) groups is 1. The molecule has 0 atom stereocenters. The summed E-state index contributed by atoms with van der Waals surface area (Å²) in [5, 5.41) is 1.63. The molecule has 0 radical (unpaired) electrons. The van der Waals surface area contributed by atoms with E-state index in [4.69, 9.17) is 11.6 Å². The summed E-state index contributed by atoms with van der Waals surface area (Å²) < 4.78 is 0. The average Bonchev–Trinajstić information content (AvgIpc) is 2.67. The Bertz CT molecular complexity index is 720. The molecule has 0 aliphatic heterocycles. The SMILES string of the molecule is Cc1ccc(/C=C/C=C/C2CCC(SCc3ccc(Cl)cc3)CC2)cc1. The molecule has 2 aromatic rings. The molecule has 1 saturated carbocycles. The fourth-order valence-corrected chi connectivity index (χ4v) is 4.66. The van der Waals surface area contributed by atoms with E-state index in [0.29, 0.717) is 0 Å². The summed E-state index contributed by atoms with van der Waals surface area (Å²) in [6.45, 7) is 2.12. The van der Waals surface area contributed by atoms with Crippen LogP contribution in [-0.4, -0.2) is 5.25 Å². The van der Waals surface area contributed by atoms with Gasteiger partial charge in [0.05, 0.1) is 0 Å². The van der Waals surface area contributed by atoms with Crippen LogP contribution < -0.4 is 0 Å². The quantitative estimate of drug-likeness (QED) is 0.461. The lowest BCUT2D eigenvalue weighted by molar-refractivity contribution is 0.428. The molecule has 0 saturated heterocycles. The van der Waals surface area contributed by atoms with Crippen LogP contribution >= 0.6 is 23.4 Å². The van der Waals surface area contributed by atoms with Gasteiger partial charge in [-0.1, -0.05) is 77.9 Å². The summed E-state index contributed by atoms with van der Waals surface area (Å²) in [4.78, 5) is 0. The molecule has 26 heavy (non-hydrogen) atoms. The van der Waals surface area contributed by atoms with Gasteiger partial charge in [0.1, 0.15) is 0 Å². The Hall–Kier alpha value is -1.44. The predicted molar refractivity (Wildman–Crippen MR) is 118 cm³/mol. The molecule has 1 aliphatic carbocycles. The number of allylic oxidation sites excluding steroid dienone is 3. The molecule has 1 aliphatic rings. The Morgan fingerprint density at radius 1 is 0.923 bits per heavy atom. The van der Waals surface area contributed by atoms with E-state index in [9.17, 15) is 0 Å². The Morgan fingerprint density at radius 3 is 2.31 bits per heavy atom. The lowest BCUT2D eigenvalue weighted by Crippen LogP contribution is -2.14. The Labute approximate surface area is 167 Å². The summed E-state index contributed by atoms with van der Waals surface area (Å²) in [6.07, 6.45) is 14.3. The van der Waals surface area contributed by atoms with Crippen LogP contribution in [0.1, 0.15) is 42.4 Å². The van der Waals surface area contributed by atoms with Gasteiger partial charge in [0.25, 0.3) is 0 Å². The molecule has 0 nitrogen and oxygen atoms in total. The first kappa shape index (κ1) is 19.3. The maximum atomic E-state index is 5.95. The summed E-state index contributed by atoms with van der Waals surface area (Å²) in [5.41, 5.74) is 3.95. The molecule has 0 aromatic heterocycles. The van der Waals surface area contributed by atoms with Gasteiger partial charge in [-0.15, -0.1) is 0 Å². The minimum atomic E-state index is 0.741. The van der Waals surface area contributed by atoms with Gasteiger partial charge >= 0.3 is 0 Å². The Balaban J connectivity index is 1.37. The molecule has 0 N–H and O–H groups in total. The fourth-order valence-electron chi connectivity index (χ4n) is 3.31. The summed E-state index contributed by atoms with van der Waals surface area (Å²) in [5.74, 6) is 1.84. The maximum Gasteiger partial charge on any atom is 0.0406 e. The number of hydrogen-bond acceptors (Lipinski definition) is 1. The highest BCUT2D eigenvalue weighted by molar-refractivity contribution is 7.99. The van der Waals surface area contributed by atoms with Crippen molar-refractivity contribution in [3.63, 3.8) is 0 Å². The van der Waals surface area contributed by atoms with Crippen molar-refractivity contribution in [1.82, 2.24) is 0 Å². The third-order valence-corrected chi connectivity index (χ3v) is 6.67. The molecule has 0 spiro atoms. The van der Waals surface area contributed by atoms with Crippen molar-refractivity contribution in [2.24, 2.45) is 5.92 Å². The number of aryl methyl sites for hydroxylation is 1. The lowest BCUT2D eigenvalue weighted by Gasteiger charge is -2.26. The van der Waals surface area contributed by atoms with E-state index in [1.165, 1.54) is 42.4 Å². The minimum absolute atomic E-state index is 0.741. The van der Waals surface area contributed by atoms with E-state index in [2.05, 4.69) is 79.4 Å². The molecular formula is C24H27ClS. The van der Waals surface area contributed by atoms with E-state index in [-0.39, 0.29) is 0 Å². The normalized spacial score (nSPS) is 20.8. The molecule has 136 valence electrons. The number of hydrogen-bond donors (Lipinski definition) is 0. The van der Waals surface area contributed by atoms with E-state index in [1.54, 1.807) is 0 Å². The zero-order valence-electron chi connectivity index (χ0n) is 15.4. The van der Waals surface area contributed by atoms with Gasteiger partial charge in [0.15, 0.2) is 0 Å². The molecule has 3 rings (SSSR count). The highest BCUT2D eigenvalue weighted by Gasteiger charge is 2.19. The molecule has 0 heterocycles. The van der Waals surface area contributed by atoms with Gasteiger partial charge in [-0.25, -0.2) is 0 Å². The number of rotatable bonds is 6. The molecule has 2 aromatic carbocycles. The van der Waals surface area contributed by atoms with Crippen LogP contribution in [-0.2, 0) is 5.75 Å². The van der Waals surface area contributed by atoms with Crippen molar-refractivity contribution < 1.29 is 0 Å². The van der Waals surface area contributed by atoms with E-state index >= 15 is 0 Å². The van der Waals surface area contributed by atoms with Crippen molar-refractivity contribution in [1.29, 1.82) is 0 Å². The van der Waals surface area contributed by atoms with Crippen LogP contribution in [0.5, 0.6) is 0 Å². The molecule has 0 bridgehead atoms. The largest absolute Gasteiger partial charge is 0.154 e. The molecule has 0 unspecified atom stereocenters. The van der Waals surface area contributed by atoms with Crippen LogP contribution in [0.2, 0.25) is 5.02 Å². The van der Waals surface area contributed by atoms with Crippen LogP contribution in [0.4, 0.5) is 0 Å². The zero-order chi connectivity index (χ0) is 18.2. The van der Waals surface area contributed by atoms with E-state index in [1.807, 2.05) is 12.1 Å². The van der Waals surface area contributed by atoms with Gasteiger partial charge < -0.3 is 0 Å². The summed E-state index contributed by atoms with van der Waals surface area (Å²) in [6, 6.07) is 16.9. The first-order chi connectivity index (χ1) is 12.7. The number of halogens is 1. The first-order valence-corrected chi connectivity index (χ1v) is 10.9. The fraction of sp³-hybridized carbons (Fsp3) is 0.333. The van der Waals surface area contributed by atoms with E-state index < -0.39 is 0 Å². The molecule has 2 heteroatoms. The molecule has 1 fully saturated rings. The van der Waals surface area contributed by atoms with Gasteiger partial charge in [-0.2, -0.15) is 11.8 Å². The Kier molecular flexibility index (Phi) is 7.46. The van der Waals surface area contributed by atoms with Gasteiger partial charge in [0, 0.05) is 16.0 Å². The van der Waals surface area contributed by atoms with Crippen molar-refractivity contribution >= 4 is 29.4 Å². The molecule has 0 amide bonds. The van der Waals surface area contributed by atoms with Crippen LogP contribution in [0, 0.1) is 12.8 Å². The van der Waals surface area contributed by atoms with Crippen molar-refractivity contribution in [3.05, 3.63) is 88.5 Å². The average molecular weight is 383 g/mol. The second-order valence-corrected chi connectivity index (χ2v) is 8.85. The first-order valence-electron chi connectivity index (χ1n) is 9.46. The number of benzene rings is 2. The molecular weight excluding hydrogens is 356 g/mol. The van der Waals surface area contributed by atoms with Gasteiger partial charge in [-0.05, 0) is 61.8 Å². The topological polar surface area (TPSA) is 0 Å². The lowest BCUT2D eigenvalue weighted by atomic mass is 9.88. The summed E-state index contributed by atoms with van der Waals surface area (Å²) >= 11 is 8.06. The zero-order valence-corrected chi connectivity index (χ0v) is 17.0. The monoisotopic (exact) mass is 382 g/mol. The summed E-state index contributed by atoms with van der Waals surface area (Å²) in [7, 11) is 0. The predicted octanol–water partition coefficient (Wildman–Crippen LogP) is 7.71. The standard InChI is InChI=1S/C24H27ClS/c1-19-6-8-20(9-7-19)4-2-3-5-21-12-16-24(17-13-21)26-18-22-10-14-23(25)15-11-22/h2-11,14-15,21,24H,12-13,16-18H2,1H3/b4-2+,5-3+. The second-order valence-electron chi connectivity index (χ2n) is 7.13. The minimum Gasteiger partial charge on any atom is -0.154 e. The van der Waals surface area contributed by atoms with Gasteiger partial charge in [-0.3, -0.25) is 0 Å². The highest BCUT2D eigenvalue weighted by Crippen LogP contribution is 2.34. The second kappa shape index (κ2) is 10.0. The smallest absolute Gasteiger partial charge is 0.0406 e. The van der Waals surface area contributed by atoms with Crippen LogP contribution in [0.25, 0.3) is 6.08 Å². The third kappa shape index (κ3) is 6.37. The van der Waals surface area contributed by atoms with Crippen molar-refractivity contribution in [2.75, 3.05) is 0 Å². The van der Waals surface area contributed by atoms with Crippen LogP contribution in [0.3, 0.4) is 0 Å². The van der Waals surface area contributed by atoms with Crippen molar-refractivity contribution in [3.8, 4) is 0 Å². The van der Waals surface area contributed by atoms with Crippen molar-refractivity contribution in [2.45, 2.75) is 43.6 Å². The Morgan fingerprint density at radius 2 is 1.62 bits per heavy atom. The highest BCUT2D eigenvalue weighted by atomic mass is 35.5. The van der Waals surface area contributed by atoms with Gasteiger partial charge in [0.2, 0.25) is 0 Å². The third-order valence-electron chi connectivity index (χ3n) is 4.98. The van der Waals surface area contributed by atoms with E-state index in [0.717, 1.165) is 21.9 Å².